The minimum atomic E-state index is 0.335. The van der Waals surface area contributed by atoms with Gasteiger partial charge in [-0.15, -0.1) is 0 Å². The highest BCUT2D eigenvalue weighted by molar-refractivity contribution is 5.78. The molecule has 0 bridgehead atoms. The van der Waals surface area contributed by atoms with Crippen LogP contribution >= 0.6 is 0 Å². The van der Waals surface area contributed by atoms with Crippen molar-refractivity contribution in [2.75, 3.05) is 45.8 Å². The number of likely N-dealkylation sites (tertiary alicyclic amines) is 2. The van der Waals surface area contributed by atoms with Crippen LogP contribution in [0.4, 0.5) is 0 Å². The van der Waals surface area contributed by atoms with Crippen molar-refractivity contribution in [1.29, 1.82) is 0 Å². The molecule has 1 N–H and O–H groups in total. The van der Waals surface area contributed by atoms with Crippen LogP contribution in [0, 0.1) is 5.92 Å². The third kappa shape index (κ3) is 3.68. The van der Waals surface area contributed by atoms with E-state index < -0.39 is 0 Å². The van der Waals surface area contributed by atoms with Crippen LogP contribution in [0.2, 0.25) is 0 Å². The van der Waals surface area contributed by atoms with Crippen LogP contribution in [0.15, 0.2) is 0 Å². The van der Waals surface area contributed by atoms with Crippen LogP contribution in [0.25, 0.3) is 0 Å². The third-order valence-electron chi connectivity index (χ3n) is 3.96. The smallest absolute Gasteiger partial charge is 0.236 e. The second-order valence-electron chi connectivity index (χ2n) is 5.26. The lowest BCUT2D eigenvalue weighted by molar-refractivity contribution is -0.136. The molecule has 0 aromatic carbocycles. The molecule has 2 aliphatic rings. The van der Waals surface area contributed by atoms with Gasteiger partial charge in [0.1, 0.15) is 0 Å². The zero-order valence-electron chi connectivity index (χ0n) is 11.0. The van der Waals surface area contributed by atoms with E-state index in [9.17, 15) is 4.79 Å². The van der Waals surface area contributed by atoms with E-state index in [2.05, 4.69) is 17.1 Å². The highest BCUT2D eigenvalue weighted by atomic mass is 16.2. The normalized spacial score (nSPS) is 22.5. The van der Waals surface area contributed by atoms with Gasteiger partial charge in [0.2, 0.25) is 5.91 Å². The van der Waals surface area contributed by atoms with Crippen LogP contribution in [0.3, 0.4) is 0 Å². The largest absolute Gasteiger partial charge is 0.341 e. The van der Waals surface area contributed by atoms with Gasteiger partial charge >= 0.3 is 0 Å². The fourth-order valence-corrected chi connectivity index (χ4v) is 2.55. The first-order valence-electron chi connectivity index (χ1n) is 7.00. The van der Waals surface area contributed by atoms with Gasteiger partial charge in [0, 0.05) is 13.1 Å². The van der Waals surface area contributed by atoms with Crippen LogP contribution in [0.1, 0.15) is 26.2 Å². The fourth-order valence-electron chi connectivity index (χ4n) is 2.55. The predicted molar refractivity (Wildman–Crippen MR) is 68.9 cm³/mol. The van der Waals surface area contributed by atoms with Gasteiger partial charge in [-0.05, 0) is 51.4 Å². The van der Waals surface area contributed by atoms with Crippen molar-refractivity contribution in [1.82, 2.24) is 15.1 Å². The average molecular weight is 239 g/mol. The van der Waals surface area contributed by atoms with Crippen molar-refractivity contribution in [3.63, 3.8) is 0 Å². The first-order chi connectivity index (χ1) is 8.29. The van der Waals surface area contributed by atoms with Crippen molar-refractivity contribution >= 4 is 5.91 Å². The fraction of sp³-hybridized carbons (Fsp3) is 0.923. The van der Waals surface area contributed by atoms with E-state index in [1.807, 2.05) is 4.90 Å². The van der Waals surface area contributed by atoms with Gasteiger partial charge in [0.05, 0.1) is 6.54 Å². The van der Waals surface area contributed by atoms with E-state index in [1.165, 1.54) is 19.3 Å². The minimum absolute atomic E-state index is 0.335. The lowest BCUT2D eigenvalue weighted by Gasteiger charge is -2.36. The molecule has 0 saturated carbocycles. The number of hydrogen-bond acceptors (Lipinski definition) is 3. The van der Waals surface area contributed by atoms with E-state index in [-0.39, 0.29) is 0 Å². The molecule has 2 saturated heterocycles. The summed E-state index contributed by atoms with van der Waals surface area (Å²) < 4.78 is 0. The van der Waals surface area contributed by atoms with E-state index >= 15 is 0 Å². The summed E-state index contributed by atoms with van der Waals surface area (Å²) in [5.74, 6) is 1.15. The Kier molecular flexibility index (Phi) is 4.80. The number of hydrogen-bond donors (Lipinski definition) is 1. The van der Waals surface area contributed by atoms with Crippen molar-refractivity contribution in [3.05, 3.63) is 0 Å². The second kappa shape index (κ2) is 6.36. The standard InChI is InChI=1S/C13H25N3O/c1-2-14-10-12-4-8-15(9-5-12)11-13(17)16-6-3-7-16/h12,14H,2-11H2,1H3. The Morgan fingerprint density at radius 3 is 2.47 bits per heavy atom. The van der Waals surface area contributed by atoms with Gasteiger partial charge in [-0.25, -0.2) is 0 Å². The highest BCUT2D eigenvalue weighted by Gasteiger charge is 2.25. The summed E-state index contributed by atoms with van der Waals surface area (Å²) in [5, 5.41) is 3.42. The molecule has 0 radical (unpaired) electrons. The molecule has 2 heterocycles. The van der Waals surface area contributed by atoms with Gasteiger partial charge in [-0.2, -0.15) is 0 Å². The highest BCUT2D eigenvalue weighted by Crippen LogP contribution is 2.17. The maximum absolute atomic E-state index is 11.8. The summed E-state index contributed by atoms with van der Waals surface area (Å²) in [4.78, 5) is 16.1. The van der Waals surface area contributed by atoms with Gasteiger partial charge in [0.25, 0.3) is 0 Å². The van der Waals surface area contributed by atoms with Crippen molar-refractivity contribution in [2.45, 2.75) is 26.2 Å². The Labute approximate surface area is 104 Å². The first kappa shape index (κ1) is 12.8. The predicted octanol–water partition coefficient (Wildman–Crippen LogP) is 0.540. The maximum atomic E-state index is 11.8. The maximum Gasteiger partial charge on any atom is 0.236 e. The summed E-state index contributed by atoms with van der Waals surface area (Å²) in [5.41, 5.74) is 0. The zero-order valence-corrected chi connectivity index (χ0v) is 11.0. The zero-order chi connectivity index (χ0) is 12.1. The number of carbonyl (C=O) groups excluding carboxylic acids is 1. The lowest BCUT2D eigenvalue weighted by atomic mass is 9.97. The van der Waals surface area contributed by atoms with Crippen LogP contribution in [-0.4, -0.2) is 61.5 Å². The molecule has 1 amide bonds. The molecular formula is C13H25N3O. The molecule has 2 rings (SSSR count). The molecule has 2 fully saturated rings. The van der Waals surface area contributed by atoms with Crippen LogP contribution in [-0.2, 0) is 4.79 Å². The van der Waals surface area contributed by atoms with Crippen LogP contribution < -0.4 is 5.32 Å². The van der Waals surface area contributed by atoms with E-state index in [0.29, 0.717) is 12.5 Å². The Morgan fingerprint density at radius 1 is 1.24 bits per heavy atom. The molecule has 0 aromatic heterocycles. The number of amides is 1. The monoisotopic (exact) mass is 239 g/mol. The van der Waals surface area contributed by atoms with Gasteiger partial charge in [-0.1, -0.05) is 6.92 Å². The number of piperidine rings is 1. The SMILES string of the molecule is CCNCC1CCN(CC(=O)N2CCC2)CC1. The lowest BCUT2D eigenvalue weighted by Crippen LogP contribution is -2.48. The average Bonchev–Trinajstić information content (AvgIpc) is 2.26. The molecule has 2 aliphatic heterocycles. The number of carbonyl (C=O) groups is 1. The van der Waals surface area contributed by atoms with Crippen molar-refractivity contribution in [2.24, 2.45) is 5.92 Å². The van der Waals surface area contributed by atoms with E-state index in [4.69, 9.17) is 0 Å². The molecule has 0 aromatic rings. The summed E-state index contributed by atoms with van der Waals surface area (Å²) in [6.45, 7) is 9.16. The molecule has 98 valence electrons. The quantitative estimate of drug-likeness (QED) is 0.760. The molecule has 0 atom stereocenters. The summed E-state index contributed by atoms with van der Waals surface area (Å²) in [6.07, 6.45) is 3.66. The number of nitrogens with zero attached hydrogens (tertiary/aromatic N) is 2. The number of nitrogens with one attached hydrogen (secondary N) is 1. The summed E-state index contributed by atoms with van der Waals surface area (Å²) >= 11 is 0. The summed E-state index contributed by atoms with van der Waals surface area (Å²) in [6, 6.07) is 0. The van der Waals surface area contributed by atoms with Crippen LogP contribution in [0.5, 0.6) is 0 Å². The molecular weight excluding hydrogens is 214 g/mol. The topological polar surface area (TPSA) is 35.6 Å². The van der Waals surface area contributed by atoms with Gasteiger partial charge < -0.3 is 10.2 Å². The molecule has 0 spiro atoms. The van der Waals surface area contributed by atoms with E-state index in [0.717, 1.165) is 45.2 Å². The minimum Gasteiger partial charge on any atom is -0.341 e. The van der Waals surface area contributed by atoms with Gasteiger partial charge in [0.15, 0.2) is 0 Å². The molecule has 0 aliphatic carbocycles. The first-order valence-corrected chi connectivity index (χ1v) is 7.00. The summed E-state index contributed by atoms with van der Waals surface area (Å²) in [7, 11) is 0. The number of rotatable bonds is 5. The van der Waals surface area contributed by atoms with Crippen molar-refractivity contribution < 1.29 is 4.79 Å². The molecule has 4 nitrogen and oxygen atoms in total. The van der Waals surface area contributed by atoms with Gasteiger partial charge in [-0.3, -0.25) is 9.69 Å². The molecule has 17 heavy (non-hydrogen) atoms. The Balaban J connectivity index is 1.63. The Hall–Kier alpha value is -0.610. The van der Waals surface area contributed by atoms with Crippen molar-refractivity contribution in [3.8, 4) is 0 Å². The van der Waals surface area contributed by atoms with E-state index in [1.54, 1.807) is 0 Å². The Morgan fingerprint density at radius 2 is 1.94 bits per heavy atom. The molecule has 4 heteroatoms. The Bertz CT molecular complexity index is 245. The second-order valence-corrected chi connectivity index (χ2v) is 5.26. The third-order valence-corrected chi connectivity index (χ3v) is 3.96. The molecule has 0 unspecified atom stereocenters.